The van der Waals surface area contributed by atoms with Crippen LogP contribution in [-0.2, 0) is 17.3 Å². The summed E-state index contributed by atoms with van der Waals surface area (Å²) in [6.45, 7) is 24.1. The van der Waals surface area contributed by atoms with Crippen LogP contribution in [0.2, 0.25) is 0 Å². The summed E-state index contributed by atoms with van der Waals surface area (Å²) in [7, 11) is 0. The summed E-state index contributed by atoms with van der Waals surface area (Å²) < 4.78 is 6.62. The van der Waals surface area contributed by atoms with Gasteiger partial charge < -0.3 is 9.84 Å². The van der Waals surface area contributed by atoms with E-state index in [0.717, 1.165) is 61.8 Å². The second kappa shape index (κ2) is 11.4. The van der Waals surface area contributed by atoms with Crippen LogP contribution in [0.15, 0.2) is 41.0 Å². The number of rotatable bonds is 9. The largest absolute Gasteiger partial charge is 0.507 e. The highest BCUT2D eigenvalue weighted by atomic mass is 16.5. The molecule has 0 amide bonds. The van der Waals surface area contributed by atoms with Crippen LogP contribution in [0.25, 0.3) is 0 Å². The molecule has 2 nitrogen and oxygen atoms in total. The molecule has 1 aromatic rings. The number of benzene rings is 1. The number of hydrogen-bond acceptors (Lipinski definition) is 2. The van der Waals surface area contributed by atoms with Crippen molar-refractivity contribution in [1.29, 1.82) is 0 Å². The van der Waals surface area contributed by atoms with Gasteiger partial charge in [-0.05, 0) is 90.0 Å². The second-order valence-corrected chi connectivity index (χ2v) is 13.4. The monoisotopic (exact) mass is 480 g/mol. The number of allylic oxidation sites excluding steroid dienone is 6. The first kappa shape index (κ1) is 29.3. The zero-order chi connectivity index (χ0) is 26.6. The van der Waals surface area contributed by atoms with Crippen LogP contribution in [0.4, 0.5) is 0 Å². The van der Waals surface area contributed by atoms with Crippen LogP contribution in [0.1, 0.15) is 131 Å². The highest BCUT2D eigenvalue weighted by Gasteiger charge is 2.40. The van der Waals surface area contributed by atoms with Gasteiger partial charge in [0.15, 0.2) is 0 Å². The highest BCUT2D eigenvalue weighted by Crippen LogP contribution is 2.50. The van der Waals surface area contributed by atoms with Gasteiger partial charge in [-0.3, -0.25) is 0 Å². The average Bonchev–Trinajstić information content (AvgIpc) is 3.00. The minimum atomic E-state index is -0.233. The predicted molar refractivity (Wildman–Crippen MR) is 153 cm³/mol. The number of aromatic hydroxyl groups is 1. The standard InChI is InChI=1S/C33H52O2/c1-23(2)15-12-16-24(3)17-13-18-25(4)19-14-20-33(11)22-26-28(35-33)21-27(31(5,6)7)30(34)29(26)32(8,9)10/h15,17,19,21,34H,12-14,16,18,20,22H2,1-11H3/b24-17+,25-19+. The summed E-state index contributed by atoms with van der Waals surface area (Å²) >= 11 is 0. The maximum absolute atomic E-state index is 11.3. The van der Waals surface area contributed by atoms with E-state index in [-0.39, 0.29) is 16.4 Å². The molecule has 196 valence electrons. The molecule has 2 rings (SSSR count). The van der Waals surface area contributed by atoms with Gasteiger partial charge in [-0.1, -0.05) is 76.5 Å². The van der Waals surface area contributed by atoms with Crippen molar-refractivity contribution in [3.63, 3.8) is 0 Å². The van der Waals surface area contributed by atoms with E-state index in [2.05, 4.69) is 100 Å². The number of phenolic OH excluding ortho intramolecular Hbond substituents is 1. The van der Waals surface area contributed by atoms with E-state index in [9.17, 15) is 5.11 Å². The summed E-state index contributed by atoms with van der Waals surface area (Å²) in [5, 5.41) is 11.3. The minimum absolute atomic E-state index is 0.139. The number of fused-ring (bicyclic) bond motifs is 1. The molecule has 2 heteroatoms. The molecular weight excluding hydrogens is 428 g/mol. The molecule has 0 fully saturated rings. The van der Waals surface area contributed by atoms with E-state index in [0.29, 0.717) is 5.75 Å². The van der Waals surface area contributed by atoms with Gasteiger partial charge >= 0.3 is 0 Å². The number of phenols is 1. The quantitative estimate of drug-likeness (QED) is 0.356. The van der Waals surface area contributed by atoms with Gasteiger partial charge in [0.05, 0.1) is 0 Å². The zero-order valence-corrected chi connectivity index (χ0v) is 24.6. The average molecular weight is 481 g/mol. The highest BCUT2D eigenvalue weighted by molar-refractivity contribution is 5.59. The third kappa shape index (κ3) is 8.29. The molecule has 35 heavy (non-hydrogen) atoms. The normalized spacial score (nSPS) is 18.9. The molecule has 1 aromatic carbocycles. The Bertz CT molecular complexity index is 972. The van der Waals surface area contributed by atoms with E-state index < -0.39 is 0 Å². The summed E-state index contributed by atoms with van der Waals surface area (Å²) in [4.78, 5) is 0. The number of ether oxygens (including phenoxy) is 1. The summed E-state index contributed by atoms with van der Waals surface area (Å²) in [6.07, 6.45) is 14.5. The molecule has 0 aromatic heterocycles. The number of hydrogen-bond donors (Lipinski definition) is 1. The molecule has 1 aliphatic rings. The van der Waals surface area contributed by atoms with E-state index in [1.165, 1.54) is 22.3 Å². The van der Waals surface area contributed by atoms with Crippen molar-refractivity contribution < 1.29 is 9.84 Å². The first-order valence-corrected chi connectivity index (χ1v) is 13.6. The molecule has 0 saturated heterocycles. The lowest BCUT2D eigenvalue weighted by molar-refractivity contribution is 0.107. The summed E-state index contributed by atoms with van der Waals surface area (Å²) in [6, 6.07) is 2.10. The van der Waals surface area contributed by atoms with Crippen molar-refractivity contribution in [2.75, 3.05) is 0 Å². The molecule has 0 spiro atoms. The molecule has 1 N–H and O–H groups in total. The second-order valence-electron chi connectivity index (χ2n) is 13.4. The Balaban J connectivity index is 2.04. The lowest BCUT2D eigenvalue weighted by Crippen LogP contribution is -2.30. The van der Waals surface area contributed by atoms with Crippen molar-refractivity contribution in [3.05, 3.63) is 57.7 Å². The van der Waals surface area contributed by atoms with Gasteiger partial charge in [0.2, 0.25) is 0 Å². The van der Waals surface area contributed by atoms with Crippen molar-refractivity contribution in [2.24, 2.45) is 0 Å². The first-order chi connectivity index (χ1) is 16.0. The zero-order valence-electron chi connectivity index (χ0n) is 24.6. The van der Waals surface area contributed by atoms with Crippen molar-refractivity contribution >= 4 is 0 Å². The first-order valence-electron chi connectivity index (χ1n) is 13.6. The van der Waals surface area contributed by atoms with Gasteiger partial charge in [0.1, 0.15) is 17.1 Å². The van der Waals surface area contributed by atoms with Gasteiger partial charge in [0.25, 0.3) is 0 Å². The van der Waals surface area contributed by atoms with E-state index in [1.54, 1.807) is 0 Å². The Kier molecular flexibility index (Phi) is 9.53. The van der Waals surface area contributed by atoms with E-state index in [1.807, 2.05) is 0 Å². The Hall–Kier alpha value is -1.96. The fourth-order valence-corrected chi connectivity index (χ4v) is 5.11. The topological polar surface area (TPSA) is 29.5 Å². The SMILES string of the molecule is CC(C)=CCC/C(C)=C/CC/C(C)=C/CCC1(C)Cc2c(cc(C(C)(C)C)c(O)c2C(C)(C)C)O1. The maximum atomic E-state index is 11.3. The van der Waals surface area contributed by atoms with Crippen LogP contribution < -0.4 is 4.74 Å². The third-order valence-electron chi connectivity index (χ3n) is 7.12. The third-order valence-corrected chi connectivity index (χ3v) is 7.12. The van der Waals surface area contributed by atoms with Gasteiger partial charge in [-0.15, -0.1) is 0 Å². The van der Waals surface area contributed by atoms with Crippen LogP contribution in [0, 0.1) is 0 Å². The predicted octanol–water partition coefficient (Wildman–Crippen LogP) is 9.88. The van der Waals surface area contributed by atoms with Gasteiger partial charge in [0, 0.05) is 23.1 Å². The van der Waals surface area contributed by atoms with Crippen LogP contribution in [-0.4, -0.2) is 10.7 Å². The van der Waals surface area contributed by atoms with Crippen LogP contribution in [0.3, 0.4) is 0 Å². The fraction of sp³-hybridized carbons (Fsp3) is 0.636. The minimum Gasteiger partial charge on any atom is -0.507 e. The molecule has 1 unspecified atom stereocenters. The van der Waals surface area contributed by atoms with E-state index in [4.69, 9.17) is 4.74 Å². The van der Waals surface area contributed by atoms with Crippen molar-refractivity contribution in [2.45, 2.75) is 138 Å². The fourth-order valence-electron chi connectivity index (χ4n) is 5.11. The smallest absolute Gasteiger partial charge is 0.124 e. The lowest BCUT2D eigenvalue weighted by Gasteiger charge is -2.29. The molecule has 1 aliphatic heterocycles. The van der Waals surface area contributed by atoms with Crippen LogP contribution in [0.5, 0.6) is 11.5 Å². The van der Waals surface area contributed by atoms with Crippen LogP contribution >= 0.6 is 0 Å². The molecule has 1 atom stereocenters. The maximum Gasteiger partial charge on any atom is 0.124 e. The molecule has 0 radical (unpaired) electrons. The Morgan fingerprint density at radius 1 is 0.886 bits per heavy atom. The summed E-state index contributed by atoms with van der Waals surface area (Å²) in [5.74, 6) is 1.42. The molecule has 0 saturated carbocycles. The van der Waals surface area contributed by atoms with Crippen molar-refractivity contribution in [3.8, 4) is 11.5 Å². The molecular formula is C33H52O2. The van der Waals surface area contributed by atoms with Gasteiger partial charge in [-0.2, -0.15) is 0 Å². The molecule has 0 aliphatic carbocycles. The molecule has 1 heterocycles. The Morgan fingerprint density at radius 2 is 1.43 bits per heavy atom. The van der Waals surface area contributed by atoms with Crippen molar-refractivity contribution in [1.82, 2.24) is 0 Å². The Labute approximate surface area is 216 Å². The Morgan fingerprint density at radius 3 is 1.94 bits per heavy atom. The van der Waals surface area contributed by atoms with Gasteiger partial charge in [-0.25, -0.2) is 0 Å². The van der Waals surface area contributed by atoms with E-state index >= 15 is 0 Å². The summed E-state index contributed by atoms with van der Waals surface area (Å²) in [5.41, 5.74) is 7.07. The lowest BCUT2D eigenvalue weighted by atomic mass is 9.76. The molecule has 0 bridgehead atoms.